The number of carboxylic acids is 1. The van der Waals surface area contributed by atoms with E-state index in [4.69, 9.17) is 5.11 Å². The van der Waals surface area contributed by atoms with Crippen molar-refractivity contribution < 1.29 is 9.90 Å². The lowest BCUT2D eigenvalue weighted by molar-refractivity contribution is 0.0696. The van der Waals surface area contributed by atoms with Crippen LogP contribution in [0.4, 0.5) is 0 Å². The van der Waals surface area contributed by atoms with Gasteiger partial charge in [0, 0.05) is 6.20 Å². The second-order valence-electron chi connectivity index (χ2n) is 3.43. The third-order valence-electron chi connectivity index (χ3n) is 2.57. The van der Waals surface area contributed by atoms with Crippen LogP contribution in [-0.4, -0.2) is 22.3 Å². The highest BCUT2D eigenvalue weighted by Gasteiger charge is 2.45. The van der Waals surface area contributed by atoms with E-state index in [-0.39, 0.29) is 4.75 Å². The van der Waals surface area contributed by atoms with Crippen LogP contribution >= 0.6 is 11.8 Å². The van der Waals surface area contributed by atoms with Gasteiger partial charge in [-0.25, -0.2) is 4.79 Å². The monoisotopic (exact) mass is 209 g/mol. The molecular formula is C10H11NO2S. The second-order valence-corrected chi connectivity index (χ2v) is 4.62. The Kier molecular flexibility index (Phi) is 2.23. The SMILES string of the molecule is CSC1(c2cc(C(=O)O)ccn2)CC1. The number of hydrogen-bond acceptors (Lipinski definition) is 3. The molecule has 0 aliphatic heterocycles. The summed E-state index contributed by atoms with van der Waals surface area (Å²) in [4.78, 5) is 15.0. The number of rotatable bonds is 3. The molecule has 14 heavy (non-hydrogen) atoms. The van der Waals surface area contributed by atoms with Crippen molar-refractivity contribution in [2.75, 3.05) is 6.26 Å². The molecule has 0 spiro atoms. The van der Waals surface area contributed by atoms with Gasteiger partial charge >= 0.3 is 5.97 Å². The first-order chi connectivity index (χ1) is 6.68. The third-order valence-corrected chi connectivity index (χ3v) is 3.97. The molecule has 0 amide bonds. The van der Waals surface area contributed by atoms with Crippen molar-refractivity contribution in [1.29, 1.82) is 0 Å². The third kappa shape index (κ3) is 1.50. The Labute approximate surface area is 86.5 Å². The summed E-state index contributed by atoms with van der Waals surface area (Å²) in [6.45, 7) is 0. The first kappa shape index (κ1) is 9.52. The molecule has 1 aromatic rings. The zero-order chi connectivity index (χ0) is 10.2. The Morgan fingerprint density at radius 1 is 1.64 bits per heavy atom. The van der Waals surface area contributed by atoms with Crippen LogP contribution in [0, 0.1) is 0 Å². The van der Waals surface area contributed by atoms with Crippen molar-refractivity contribution in [2.45, 2.75) is 17.6 Å². The summed E-state index contributed by atoms with van der Waals surface area (Å²) in [5, 5.41) is 8.83. The van der Waals surface area contributed by atoms with Gasteiger partial charge < -0.3 is 5.11 Å². The highest BCUT2D eigenvalue weighted by atomic mass is 32.2. The topological polar surface area (TPSA) is 50.2 Å². The molecule has 0 atom stereocenters. The highest BCUT2D eigenvalue weighted by Crippen LogP contribution is 2.55. The molecule has 0 radical (unpaired) electrons. The van der Waals surface area contributed by atoms with Gasteiger partial charge in [0.15, 0.2) is 0 Å². The summed E-state index contributed by atoms with van der Waals surface area (Å²) in [5.74, 6) is -0.884. The Bertz CT molecular complexity index is 374. The van der Waals surface area contributed by atoms with E-state index in [9.17, 15) is 4.79 Å². The number of pyridine rings is 1. The fourth-order valence-electron chi connectivity index (χ4n) is 1.49. The molecule has 1 fully saturated rings. The standard InChI is InChI=1S/C10H11NO2S/c1-14-10(3-4-10)8-6-7(9(12)13)2-5-11-8/h2,5-6H,3-4H2,1H3,(H,12,13). The molecule has 1 saturated carbocycles. The largest absolute Gasteiger partial charge is 0.478 e. The molecule has 0 unspecified atom stereocenters. The Balaban J connectivity index is 2.36. The van der Waals surface area contributed by atoms with E-state index in [1.54, 1.807) is 24.0 Å². The van der Waals surface area contributed by atoms with Gasteiger partial charge in [0.1, 0.15) is 0 Å². The first-order valence-corrected chi connectivity index (χ1v) is 5.65. The number of carbonyl (C=O) groups is 1. The minimum absolute atomic E-state index is 0.103. The van der Waals surface area contributed by atoms with Gasteiger partial charge in [-0.3, -0.25) is 4.98 Å². The van der Waals surface area contributed by atoms with Crippen LogP contribution in [0.3, 0.4) is 0 Å². The van der Waals surface area contributed by atoms with Crippen molar-refractivity contribution in [2.24, 2.45) is 0 Å². The summed E-state index contributed by atoms with van der Waals surface area (Å²) < 4.78 is 0.103. The minimum atomic E-state index is -0.884. The van der Waals surface area contributed by atoms with E-state index in [0.29, 0.717) is 5.56 Å². The number of thioether (sulfide) groups is 1. The molecule has 4 heteroatoms. The maximum atomic E-state index is 10.8. The van der Waals surface area contributed by atoms with Gasteiger partial charge in [-0.1, -0.05) is 0 Å². The Hall–Kier alpha value is -1.03. The zero-order valence-electron chi connectivity index (χ0n) is 7.86. The summed E-state index contributed by atoms with van der Waals surface area (Å²) in [5.41, 5.74) is 1.24. The predicted molar refractivity (Wildman–Crippen MR) is 55.6 cm³/mol. The van der Waals surface area contributed by atoms with E-state index in [0.717, 1.165) is 18.5 Å². The number of carboxylic acid groups (broad SMARTS) is 1. The normalized spacial score (nSPS) is 17.8. The van der Waals surface area contributed by atoms with Gasteiger partial charge in [0.05, 0.1) is 16.0 Å². The van der Waals surface area contributed by atoms with Crippen molar-refractivity contribution in [1.82, 2.24) is 4.98 Å². The lowest BCUT2D eigenvalue weighted by Gasteiger charge is -2.10. The van der Waals surface area contributed by atoms with Gasteiger partial charge in [0.25, 0.3) is 0 Å². The van der Waals surface area contributed by atoms with Crippen LogP contribution in [0.2, 0.25) is 0 Å². The lowest BCUT2D eigenvalue weighted by Crippen LogP contribution is -2.06. The van der Waals surface area contributed by atoms with Crippen LogP contribution in [0.5, 0.6) is 0 Å². The van der Waals surface area contributed by atoms with Crippen molar-refractivity contribution in [3.8, 4) is 0 Å². The summed E-state index contributed by atoms with van der Waals surface area (Å²) in [6.07, 6.45) is 5.83. The fourth-order valence-corrected chi connectivity index (χ4v) is 2.32. The van der Waals surface area contributed by atoms with Crippen LogP contribution in [0.15, 0.2) is 18.3 Å². The number of nitrogens with zero attached hydrogens (tertiary/aromatic N) is 1. The molecule has 0 bridgehead atoms. The smallest absolute Gasteiger partial charge is 0.335 e. The van der Waals surface area contributed by atoms with Gasteiger partial charge in [-0.15, -0.1) is 0 Å². The molecule has 1 aliphatic carbocycles. The number of aromatic carboxylic acids is 1. The van der Waals surface area contributed by atoms with Gasteiger partial charge in [-0.05, 0) is 31.2 Å². The van der Waals surface area contributed by atoms with Crippen molar-refractivity contribution in [3.63, 3.8) is 0 Å². The average Bonchev–Trinajstić information content (AvgIpc) is 2.98. The molecule has 0 saturated heterocycles. The predicted octanol–water partition coefficient (Wildman–Crippen LogP) is 2.13. The molecule has 1 N–H and O–H groups in total. The van der Waals surface area contributed by atoms with Crippen molar-refractivity contribution in [3.05, 3.63) is 29.6 Å². The zero-order valence-corrected chi connectivity index (χ0v) is 8.67. The average molecular weight is 209 g/mol. The molecule has 3 nitrogen and oxygen atoms in total. The Morgan fingerprint density at radius 2 is 2.36 bits per heavy atom. The van der Waals surface area contributed by atoms with Crippen molar-refractivity contribution >= 4 is 17.7 Å². The summed E-state index contributed by atoms with van der Waals surface area (Å²) in [6, 6.07) is 3.22. The van der Waals surface area contributed by atoms with E-state index in [1.165, 1.54) is 6.07 Å². The van der Waals surface area contributed by atoms with E-state index in [1.807, 2.05) is 6.26 Å². The lowest BCUT2D eigenvalue weighted by atomic mass is 10.2. The minimum Gasteiger partial charge on any atom is -0.478 e. The van der Waals surface area contributed by atoms with Gasteiger partial charge in [0.2, 0.25) is 0 Å². The summed E-state index contributed by atoms with van der Waals surface area (Å²) in [7, 11) is 0. The first-order valence-electron chi connectivity index (χ1n) is 4.43. The second kappa shape index (κ2) is 3.28. The van der Waals surface area contributed by atoms with Gasteiger partial charge in [-0.2, -0.15) is 11.8 Å². The quantitative estimate of drug-likeness (QED) is 0.828. The van der Waals surface area contributed by atoms with E-state index in [2.05, 4.69) is 4.98 Å². The number of aromatic nitrogens is 1. The maximum Gasteiger partial charge on any atom is 0.335 e. The van der Waals surface area contributed by atoms with Crippen LogP contribution in [0.25, 0.3) is 0 Å². The number of hydrogen-bond donors (Lipinski definition) is 1. The Morgan fingerprint density at radius 3 is 2.86 bits per heavy atom. The molecule has 74 valence electrons. The highest BCUT2D eigenvalue weighted by molar-refractivity contribution is 7.99. The molecular weight excluding hydrogens is 198 g/mol. The molecule has 2 rings (SSSR count). The maximum absolute atomic E-state index is 10.8. The fraction of sp³-hybridized carbons (Fsp3) is 0.400. The van der Waals surface area contributed by atoms with Crippen LogP contribution in [0.1, 0.15) is 28.9 Å². The van der Waals surface area contributed by atoms with E-state index >= 15 is 0 Å². The molecule has 1 aliphatic rings. The van der Waals surface area contributed by atoms with E-state index < -0.39 is 5.97 Å². The van der Waals surface area contributed by atoms with Crippen LogP contribution in [-0.2, 0) is 4.75 Å². The van der Waals surface area contributed by atoms with Crippen LogP contribution < -0.4 is 0 Å². The molecule has 0 aromatic carbocycles. The molecule has 1 aromatic heterocycles. The molecule has 1 heterocycles. The summed E-state index contributed by atoms with van der Waals surface area (Å²) >= 11 is 1.76.